The topological polar surface area (TPSA) is 61.8 Å². The van der Waals surface area contributed by atoms with Gasteiger partial charge in [-0.25, -0.2) is 4.79 Å². The van der Waals surface area contributed by atoms with Crippen molar-refractivity contribution in [3.8, 4) is 17.2 Å². The van der Waals surface area contributed by atoms with E-state index in [-0.39, 0.29) is 27.8 Å². The minimum atomic E-state index is -4.53. The van der Waals surface area contributed by atoms with E-state index in [1.165, 1.54) is 32.2 Å². The number of methoxy groups -OCH3 is 1. The third-order valence-corrected chi connectivity index (χ3v) is 3.73. The maximum absolute atomic E-state index is 12.7. The predicted molar refractivity (Wildman–Crippen MR) is 90.5 cm³/mol. The van der Waals surface area contributed by atoms with Crippen LogP contribution in [0.15, 0.2) is 36.4 Å². The predicted octanol–water partition coefficient (Wildman–Crippen LogP) is 4.90. The molecule has 0 aliphatic heterocycles. The molecule has 2 aromatic carbocycles. The third kappa shape index (κ3) is 5.13. The van der Waals surface area contributed by atoms with E-state index in [1.54, 1.807) is 0 Å². The molecule has 0 amide bonds. The lowest BCUT2D eigenvalue weighted by molar-refractivity contribution is -0.148. The molecule has 0 N–H and O–H groups in total. The van der Waals surface area contributed by atoms with Crippen LogP contribution in [0.25, 0.3) is 0 Å². The second kappa shape index (κ2) is 8.30. The van der Waals surface area contributed by atoms with Gasteiger partial charge in [-0.15, -0.1) is 0 Å². The van der Waals surface area contributed by atoms with Crippen molar-refractivity contribution < 1.29 is 37.0 Å². The molecule has 0 saturated carbocycles. The van der Waals surface area contributed by atoms with E-state index in [4.69, 9.17) is 21.1 Å². The van der Waals surface area contributed by atoms with Gasteiger partial charge < -0.3 is 14.2 Å². The van der Waals surface area contributed by atoms with Crippen LogP contribution in [-0.2, 0) is 15.7 Å². The summed E-state index contributed by atoms with van der Waals surface area (Å²) in [5.41, 5.74) is -0.760. The number of carbonyl (C=O) groups is 2. The number of esters is 1. The monoisotopic (exact) mass is 402 g/mol. The molecule has 2 aromatic rings. The number of hydrogen-bond donors (Lipinski definition) is 0. The summed E-state index contributed by atoms with van der Waals surface area (Å²) in [7, 11) is 1.19. The lowest BCUT2D eigenvalue weighted by Gasteiger charge is -2.16. The van der Waals surface area contributed by atoms with Crippen LogP contribution in [0, 0.1) is 0 Å². The second-order valence-corrected chi connectivity index (χ2v) is 5.75. The van der Waals surface area contributed by atoms with Crippen LogP contribution in [0.1, 0.15) is 22.8 Å². The third-order valence-electron chi connectivity index (χ3n) is 3.44. The molecule has 0 radical (unpaired) electrons. The summed E-state index contributed by atoms with van der Waals surface area (Å²) in [5.74, 6) is -0.475. The molecule has 0 aliphatic rings. The van der Waals surface area contributed by atoms with Crippen LogP contribution < -0.4 is 9.47 Å². The smallest absolute Gasteiger partial charge is 0.416 e. The lowest BCUT2D eigenvalue weighted by Crippen LogP contribution is -2.25. The zero-order valence-electron chi connectivity index (χ0n) is 14.2. The average Bonchev–Trinajstić information content (AvgIpc) is 2.62. The van der Waals surface area contributed by atoms with Crippen LogP contribution in [-0.4, -0.2) is 25.5 Å². The van der Waals surface area contributed by atoms with E-state index >= 15 is 0 Å². The van der Waals surface area contributed by atoms with Crippen molar-refractivity contribution in [2.24, 2.45) is 0 Å². The Labute approximate surface area is 157 Å². The minimum Gasteiger partial charge on any atom is -0.478 e. The van der Waals surface area contributed by atoms with Gasteiger partial charge in [0.2, 0.25) is 0 Å². The molecule has 5 nitrogen and oxygen atoms in total. The number of ether oxygens (including phenoxy) is 3. The molecule has 0 spiro atoms. The normalized spacial score (nSPS) is 12.2. The molecule has 9 heteroatoms. The van der Waals surface area contributed by atoms with Gasteiger partial charge in [0.1, 0.15) is 17.2 Å². The van der Waals surface area contributed by atoms with Crippen LogP contribution in [0.3, 0.4) is 0 Å². The van der Waals surface area contributed by atoms with Crippen molar-refractivity contribution in [1.82, 2.24) is 0 Å². The molecule has 27 heavy (non-hydrogen) atoms. The first-order chi connectivity index (χ1) is 12.7. The Morgan fingerprint density at radius 3 is 2.41 bits per heavy atom. The fourth-order valence-electron chi connectivity index (χ4n) is 2.07. The Morgan fingerprint density at radius 2 is 1.85 bits per heavy atom. The molecule has 0 aliphatic carbocycles. The van der Waals surface area contributed by atoms with Gasteiger partial charge in [-0.2, -0.15) is 13.2 Å². The van der Waals surface area contributed by atoms with Gasteiger partial charge in [0, 0.05) is 6.07 Å². The standard InChI is InChI=1S/C18H14ClF3O5/c1-10(17(24)25-2)26-16-8-13(5-3-11(16)9-23)27-15-6-4-12(7-14(15)19)18(20,21)22/h3-10H,1-2H3. The van der Waals surface area contributed by atoms with E-state index in [9.17, 15) is 22.8 Å². The number of hydrogen-bond acceptors (Lipinski definition) is 5. The first kappa shape index (κ1) is 20.6. The van der Waals surface area contributed by atoms with Crippen LogP contribution in [0.4, 0.5) is 13.2 Å². The molecule has 0 bridgehead atoms. The summed E-state index contributed by atoms with van der Waals surface area (Å²) >= 11 is 5.85. The highest BCUT2D eigenvalue weighted by Gasteiger charge is 2.31. The molecule has 0 heterocycles. The highest BCUT2D eigenvalue weighted by Crippen LogP contribution is 2.37. The van der Waals surface area contributed by atoms with E-state index < -0.39 is 23.8 Å². The largest absolute Gasteiger partial charge is 0.478 e. The van der Waals surface area contributed by atoms with Crippen molar-refractivity contribution in [2.45, 2.75) is 19.2 Å². The van der Waals surface area contributed by atoms with Crippen molar-refractivity contribution in [3.63, 3.8) is 0 Å². The highest BCUT2D eigenvalue weighted by molar-refractivity contribution is 6.32. The van der Waals surface area contributed by atoms with Gasteiger partial charge >= 0.3 is 12.1 Å². The molecular weight excluding hydrogens is 389 g/mol. The molecule has 1 unspecified atom stereocenters. The van der Waals surface area contributed by atoms with Crippen LogP contribution in [0.5, 0.6) is 17.2 Å². The number of carbonyl (C=O) groups excluding carboxylic acids is 2. The van der Waals surface area contributed by atoms with E-state index in [0.29, 0.717) is 6.29 Å². The first-order valence-electron chi connectivity index (χ1n) is 7.54. The molecule has 0 aromatic heterocycles. The highest BCUT2D eigenvalue weighted by atomic mass is 35.5. The molecule has 144 valence electrons. The number of aldehydes is 1. The number of rotatable bonds is 6. The zero-order valence-corrected chi connectivity index (χ0v) is 14.9. The van der Waals surface area contributed by atoms with E-state index in [0.717, 1.165) is 18.2 Å². The summed E-state index contributed by atoms with van der Waals surface area (Å²) < 4.78 is 53.5. The number of benzene rings is 2. The summed E-state index contributed by atoms with van der Waals surface area (Å²) in [6.07, 6.45) is -4.99. The van der Waals surface area contributed by atoms with Gasteiger partial charge in [0.05, 0.1) is 23.3 Å². The van der Waals surface area contributed by atoms with Crippen LogP contribution in [0.2, 0.25) is 5.02 Å². The Hall–Kier alpha value is -2.74. The van der Waals surface area contributed by atoms with Gasteiger partial charge in [0.25, 0.3) is 0 Å². The van der Waals surface area contributed by atoms with Gasteiger partial charge in [-0.1, -0.05) is 11.6 Å². The number of alkyl halides is 3. The molecular formula is C18H14ClF3O5. The van der Waals surface area contributed by atoms with Crippen molar-refractivity contribution in [3.05, 3.63) is 52.5 Å². The maximum Gasteiger partial charge on any atom is 0.416 e. The second-order valence-electron chi connectivity index (χ2n) is 5.35. The summed E-state index contributed by atoms with van der Waals surface area (Å²) in [4.78, 5) is 22.6. The van der Waals surface area contributed by atoms with E-state index in [1.807, 2.05) is 0 Å². The number of halogens is 4. The fourth-order valence-corrected chi connectivity index (χ4v) is 2.29. The Bertz CT molecular complexity index is 851. The molecule has 0 saturated heterocycles. The Kier molecular flexibility index (Phi) is 6.32. The van der Waals surface area contributed by atoms with Gasteiger partial charge in [-0.3, -0.25) is 4.79 Å². The fraction of sp³-hybridized carbons (Fsp3) is 0.222. The molecule has 1 atom stereocenters. The van der Waals surface area contributed by atoms with Crippen LogP contribution >= 0.6 is 11.6 Å². The maximum atomic E-state index is 12.7. The Morgan fingerprint density at radius 1 is 1.15 bits per heavy atom. The van der Waals surface area contributed by atoms with Gasteiger partial charge in [-0.05, 0) is 37.3 Å². The minimum absolute atomic E-state index is 0.0181. The van der Waals surface area contributed by atoms with Crippen molar-refractivity contribution >= 4 is 23.9 Å². The average molecular weight is 403 g/mol. The molecule has 2 rings (SSSR count). The summed E-state index contributed by atoms with van der Waals surface area (Å²) in [5, 5.41) is -0.241. The quantitative estimate of drug-likeness (QED) is 0.508. The SMILES string of the molecule is COC(=O)C(C)Oc1cc(Oc2ccc(C(F)(F)F)cc2Cl)ccc1C=O. The van der Waals surface area contributed by atoms with Crippen molar-refractivity contribution in [2.75, 3.05) is 7.11 Å². The zero-order chi connectivity index (χ0) is 20.2. The summed E-state index contributed by atoms with van der Waals surface area (Å²) in [6, 6.07) is 6.76. The lowest BCUT2D eigenvalue weighted by atomic mass is 10.2. The Balaban J connectivity index is 2.28. The first-order valence-corrected chi connectivity index (χ1v) is 7.91. The van der Waals surface area contributed by atoms with Gasteiger partial charge in [0.15, 0.2) is 12.4 Å². The summed E-state index contributed by atoms with van der Waals surface area (Å²) in [6.45, 7) is 1.43. The van der Waals surface area contributed by atoms with E-state index in [2.05, 4.69) is 4.74 Å². The molecule has 0 fully saturated rings. The van der Waals surface area contributed by atoms with Crippen molar-refractivity contribution in [1.29, 1.82) is 0 Å².